The molecule has 1 aromatic heterocycles. The van der Waals surface area contributed by atoms with E-state index in [1.807, 2.05) is 10.7 Å². The first-order valence-corrected chi connectivity index (χ1v) is 7.13. The predicted octanol–water partition coefficient (Wildman–Crippen LogP) is 2.64. The van der Waals surface area contributed by atoms with E-state index < -0.39 is 0 Å². The SMILES string of the molecule is CCc1nn(-c2cccc(C)c2)c(OC)c1CCCN. The minimum absolute atomic E-state index is 0.682. The summed E-state index contributed by atoms with van der Waals surface area (Å²) in [4.78, 5) is 0. The van der Waals surface area contributed by atoms with E-state index in [1.165, 1.54) is 11.1 Å². The molecule has 0 radical (unpaired) electrons. The molecule has 4 heteroatoms. The Morgan fingerprint density at radius 1 is 1.35 bits per heavy atom. The fraction of sp³-hybridized carbons (Fsp3) is 0.438. The monoisotopic (exact) mass is 273 g/mol. The van der Waals surface area contributed by atoms with Gasteiger partial charge in [0.05, 0.1) is 18.5 Å². The van der Waals surface area contributed by atoms with Gasteiger partial charge in [0.1, 0.15) is 0 Å². The molecule has 2 N–H and O–H groups in total. The number of methoxy groups -OCH3 is 1. The predicted molar refractivity (Wildman–Crippen MR) is 81.6 cm³/mol. The molecule has 0 bridgehead atoms. The molecule has 1 aromatic carbocycles. The summed E-state index contributed by atoms with van der Waals surface area (Å²) in [5.74, 6) is 0.834. The quantitative estimate of drug-likeness (QED) is 0.880. The van der Waals surface area contributed by atoms with Gasteiger partial charge in [0, 0.05) is 5.56 Å². The van der Waals surface area contributed by atoms with Gasteiger partial charge >= 0.3 is 0 Å². The van der Waals surface area contributed by atoms with Crippen LogP contribution in [-0.2, 0) is 12.8 Å². The molecule has 0 saturated carbocycles. The number of nitrogens with zero attached hydrogens (tertiary/aromatic N) is 2. The number of aryl methyl sites for hydroxylation is 2. The number of nitrogens with two attached hydrogens (primary N) is 1. The van der Waals surface area contributed by atoms with Gasteiger partial charge in [-0.3, -0.25) is 0 Å². The molecule has 0 aliphatic carbocycles. The summed E-state index contributed by atoms with van der Waals surface area (Å²) in [6.07, 6.45) is 2.76. The highest BCUT2D eigenvalue weighted by Gasteiger charge is 2.18. The summed E-state index contributed by atoms with van der Waals surface area (Å²) in [5.41, 5.74) is 10.2. The van der Waals surface area contributed by atoms with Crippen LogP contribution in [0.25, 0.3) is 5.69 Å². The molecule has 0 atom stereocenters. The molecular weight excluding hydrogens is 250 g/mol. The molecule has 2 rings (SSSR count). The van der Waals surface area contributed by atoms with Crippen molar-refractivity contribution < 1.29 is 4.74 Å². The molecule has 0 amide bonds. The topological polar surface area (TPSA) is 53.1 Å². The lowest BCUT2D eigenvalue weighted by molar-refractivity contribution is 0.379. The van der Waals surface area contributed by atoms with Crippen molar-refractivity contribution in [2.45, 2.75) is 33.1 Å². The van der Waals surface area contributed by atoms with Crippen molar-refractivity contribution >= 4 is 0 Å². The molecule has 4 nitrogen and oxygen atoms in total. The summed E-state index contributed by atoms with van der Waals surface area (Å²) < 4.78 is 7.51. The summed E-state index contributed by atoms with van der Waals surface area (Å²) >= 11 is 0. The van der Waals surface area contributed by atoms with Crippen molar-refractivity contribution in [2.75, 3.05) is 13.7 Å². The first-order valence-electron chi connectivity index (χ1n) is 7.13. The van der Waals surface area contributed by atoms with Crippen LogP contribution >= 0.6 is 0 Å². The normalized spacial score (nSPS) is 10.8. The first kappa shape index (κ1) is 14.6. The molecule has 108 valence electrons. The minimum Gasteiger partial charge on any atom is -0.481 e. The maximum atomic E-state index is 5.63. The Labute approximate surface area is 120 Å². The van der Waals surface area contributed by atoms with Crippen LogP contribution < -0.4 is 10.5 Å². The van der Waals surface area contributed by atoms with E-state index in [4.69, 9.17) is 15.6 Å². The molecule has 2 aromatic rings. The van der Waals surface area contributed by atoms with Gasteiger partial charge in [-0.1, -0.05) is 19.1 Å². The van der Waals surface area contributed by atoms with Gasteiger partial charge in [-0.2, -0.15) is 5.10 Å². The third-order valence-electron chi connectivity index (χ3n) is 3.42. The third-order valence-corrected chi connectivity index (χ3v) is 3.42. The highest BCUT2D eigenvalue weighted by molar-refractivity contribution is 5.43. The van der Waals surface area contributed by atoms with Gasteiger partial charge in [-0.15, -0.1) is 0 Å². The van der Waals surface area contributed by atoms with Crippen LogP contribution in [0.3, 0.4) is 0 Å². The number of hydrogen-bond acceptors (Lipinski definition) is 3. The van der Waals surface area contributed by atoms with Crippen molar-refractivity contribution in [2.24, 2.45) is 5.73 Å². The van der Waals surface area contributed by atoms with Gasteiger partial charge in [-0.05, 0) is 50.4 Å². The maximum absolute atomic E-state index is 5.63. The summed E-state index contributed by atoms with van der Waals surface area (Å²) in [7, 11) is 1.70. The van der Waals surface area contributed by atoms with Gasteiger partial charge in [0.2, 0.25) is 5.88 Å². The van der Waals surface area contributed by atoms with Crippen molar-refractivity contribution in [3.05, 3.63) is 41.1 Å². The van der Waals surface area contributed by atoms with E-state index in [-0.39, 0.29) is 0 Å². The fourth-order valence-corrected chi connectivity index (χ4v) is 2.44. The molecule has 20 heavy (non-hydrogen) atoms. The fourth-order valence-electron chi connectivity index (χ4n) is 2.44. The van der Waals surface area contributed by atoms with Gasteiger partial charge < -0.3 is 10.5 Å². The number of rotatable bonds is 6. The van der Waals surface area contributed by atoms with Crippen LogP contribution in [0.5, 0.6) is 5.88 Å². The van der Waals surface area contributed by atoms with E-state index >= 15 is 0 Å². The van der Waals surface area contributed by atoms with Crippen molar-refractivity contribution in [1.82, 2.24) is 9.78 Å². The van der Waals surface area contributed by atoms with Crippen LogP contribution in [-0.4, -0.2) is 23.4 Å². The zero-order chi connectivity index (χ0) is 14.5. The zero-order valence-electron chi connectivity index (χ0n) is 12.5. The molecule has 0 unspecified atom stereocenters. The summed E-state index contributed by atoms with van der Waals surface area (Å²) in [6.45, 7) is 4.88. The summed E-state index contributed by atoms with van der Waals surface area (Å²) in [6, 6.07) is 8.28. The highest BCUT2D eigenvalue weighted by Crippen LogP contribution is 2.27. The van der Waals surface area contributed by atoms with Gasteiger partial charge in [-0.25, -0.2) is 4.68 Å². The van der Waals surface area contributed by atoms with E-state index in [9.17, 15) is 0 Å². The Kier molecular flexibility index (Phi) is 4.79. The second-order valence-corrected chi connectivity index (χ2v) is 4.93. The average Bonchev–Trinajstić information content (AvgIpc) is 2.82. The van der Waals surface area contributed by atoms with Crippen molar-refractivity contribution in [3.63, 3.8) is 0 Å². The minimum atomic E-state index is 0.682. The Hall–Kier alpha value is -1.81. The molecule has 0 aliphatic rings. The maximum Gasteiger partial charge on any atom is 0.219 e. The van der Waals surface area contributed by atoms with Crippen molar-refractivity contribution in [1.29, 1.82) is 0 Å². The Balaban J connectivity index is 2.50. The van der Waals surface area contributed by atoms with Crippen LogP contribution in [0, 0.1) is 6.92 Å². The van der Waals surface area contributed by atoms with E-state index in [0.29, 0.717) is 6.54 Å². The smallest absolute Gasteiger partial charge is 0.219 e. The lowest BCUT2D eigenvalue weighted by atomic mass is 10.1. The van der Waals surface area contributed by atoms with E-state index in [1.54, 1.807) is 7.11 Å². The van der Waals surface area contributed by atoms with Gasteiger partial charge in [0.25, 0.3) is 0 Å². The number of ether oxygens (including phenoxy) is 1. The van der Waals surface area contributed by atoms with Crippen molar-refractivity contribution in [3.8, 4) is 11.6 Å². The second kappa shape index (κ2) is 6.57. The number of aromatic nitrogens is 2. The zero-order valence-corrected chi connectivity index (χ0v) is 12.5. The lowest BCUT2D eigenvalue weighted by Gasteiger charge is -2.08. The average molecular weight is 273 g/mol. The van der Waals surface area contributed by atoms with Crippen LogP contribution in [0.15, 0.2) is 24.3 Å². The molecule has 1 heterocycles. The third kappa shape index (κ3) is 2.85. The number of benzene rings is 1. The Morgan fingerprint density at radius 2 is 2.15 bits per heavy atom. The van der Waals surface area contributed by atoms with Gasteiger partial charge in [0.15, 0.2) is 0 Å². The molecule has 0 aliphatic heterocycles. The highest BCUT2D eigenvalue weighted by atomic mass is 16.5. The van der Waals surface area contributed by atoms with Crippen LogP contribution in [0.4, 0.5) is 0 Å². The first-order chi connectivity index (χ1) is 9.71. The molecular formula is C16H23N3O. The van der Waals surface area contributed by atoms with Crippen LogP contribution in [0.1, 0.15) is 30.2 Å². The largest absolute Gasteiger partial charge is 0.481 e. The molecule has 0 saturated heterocycles. The lowest BCUT2D eigenvalue weighted by Crippen LogP contribution is -2.03. The molecule has 0 spiro atoms. The summed E-state index contributed by atoms with van der Waals surface area (Å²) in [5, 5.41) is 4.71. The Morgan fingerprint density at radius 3 is 2.75 bits per heavy atom. The second-order valence-electron chi connectivity index (χ2n) is 4.93. The van der Waals surface area contributed by atoms with E-state index in [2.05, 4.69) is 32.0 Å². The van der Waals surface area contributed by atoms with E-state index in [0.717, 1.165) is 36.5 Å². The Bertz CT molecular complexity index is 575. The molecule has 0 fully saturated rings. The number of hydrogen-bond donors (Lipinski definition) is 1. The van der Waals surface area contributed by atoms with Crippen LogP contribution in [0.2, 0.25) is 0 Å². The standard InChI is InChI=1S/C16H23N3O/c1-4-15-14(9-6-10-17)16(20-3)19(18-15)13-8-5-7-12(2)11-13/h5,7-8,11H,4,6,9-10,17H2,1-3H3.